The molecular formula is C20H13ClN2O5. The van der Waals surface area contributed by atoms with Crippen molar-refractivity contribution < 1.29 is 19.2 Å². The quantitative estimate of drug-likeness (QED) is 0.452. The third-order valence-corrected chi connectivity index (χ3v) is 4.45. The highest BCUT2D eigenvalue weighted by Gasteiger charge is 2.29. The number of carbonyl (C=O) groups is 1. The number of hydrogen-bond donors (Lipinski definition) is 1. The SMILES string of the molecule is Cc1ccccc1Oc1cc([N+](=O)[O-])cc2c1C(=O)Nc1cc(Cl)ccc1O2. The van der Waals surface area contributed by atoms with Gasteiger partial charge in [-0.05, 0) is 36.8 Å². The number of fused-ring (bicyclic) bond motifs is 2. The summed E-state index contributed by atoms with van der Waals surface area (Å²) in [6.45, 7) is 1.83. The van der Waals surface area contributed by atoms with Gasteiger partial charge in [0.2, 0.25) is 0 Å². The van der Waals surface area contributed by atoms with E-state index in [1.165, 1.54) is 18.2 Å². The van der Waals surface area contributed by atoms with Crippen molar-refractivity contribution in [2.75, 3.05) is 5.32 Å². The second kappa shape index (κ2) is 6.86. The lowest BCUT2D eigenvalue weighted by Gasteiger charge is -2.13. The van der Waals surface area contributed by atoms with E-state index in [1.54, 1.807) is 24.3 Å². The average Bonchev–Trinajstić information content (AvgIpc) is 2.78. The molecule has 0 saturated carbocycles. The van der Waals surface area contributed by atoms with Crippen LogP contribution in [0.25, 0.3) is 0 Å². The minimum absolute atomic E-state index is 0.0231. The van der Waals surface area contributed by atoms with E-state index in [0.29, 0.717) is 22.2 Å². The number of anilines is 1. The van der Waals surface area contributed by atoms with E-state index in [2.05, 4.69) is 5.32 Å². The molecule has 28 heavy (non-hydrogen) atoms. The Morgan fingerprint density at radius 1 is 1.07 bits per heavy atom. The molecule has 0 spiro atoms. The molecule has 0 aromatic heterocycles. The van der Waals surface area contributed by atoms with Crippen LogP contribution in [0.4, 0.5) is 11.4 Å². The van der Waals surface area contributed by atoms with E-state index in [0.717, 1.165) is 5.56 Å². The monoisotopic (exact) mass is 396 g/mol. The predicted molar refractivity (Wildman–Crippen MR) is 104 cm³/mol. The zero-order valence-electron chi connectivity index (χ0n) is 14.6. The minimum atomic E-state index is -0.570. The Morgan fingerprint density at radius 2 is 1.86 bits per heavy atom. The number of carbonyl (C=O) groups excluding carboxylic acids is 1. The molecular weight excluding hydrogens is 384 g/mol. The molecule has 0 unspecified atom stereocenters. The van der Waals surface area contributed by atoms with Crippen molar-refractivity contribution in [1.82, 2.24) is 0 Å². The van der Waals surface area contributed by atoms with Gasteiger partial charge in [-0.25, -0.2) is 0 Å². The summed E-state index contributed by atoms with van der Waals surface area (Å²) in [6.07, 6.45) is 0. The summed E-state index contributed by atoms with van der Waals surface area (Å²) < 4.78 is 11.7. The smallest absolute Gasteiger partial charge is 0.276 e. The first kappa shape index (κ1) is 17.8. The van der Waals surface area contributed by atoms with Crippen LogP contribution in [0.5, 0.6) is 23.0 Å². The molecule has 0 bridgehead atoms. The van der Waals surface area contributed by atoms with E-state index in [1.807, 2.05) is 19.1 Å². The summed E-state index contributed by atoms with van der Waals surface area (Å²) in [4.78, 5) is 23.7. The molecule has 0 saturated heterocycles. The first-order valence-corrected chi connectivity index (χ1v) is 8.65. The molecule has 140 valence electrons. The number of benzene rings is 3. The summed E-state index contributed by atoms with van der Waals surface area (Å²) in [5, 5.41) is 14.5. The maximum atomic E-state index is 12.9. The summed E-state index contributed by atoms with van der Waals surface area (Å²) in [7, 11) is 0. The normalized spacial score (nSPS) is 12.1. The Kier molecular flexibility index (Phi) is 4.37. The molecule has 1 heterocycles. The second-order valence-electron chi connectivity index (χ2n) is 6.14. The van der Waals surface area contributed by atoms with Gasteiger partial charge >= 0.3 is 0 Å². The first-order chi connectivity index (χ1) is 13.4. The van der Waals surface area contributed by atoms with Gasteiger partial charge in [0.25, 0.3) is 11.6 Å². The predicted octanol–water partition coefficient (Wildman–Crippen LogP) is 5.71. The average molecular weight is 397 g/mol. The van der Waals surface area contributed by atoms with E-state index >= 15 is 0 Å². The molecule has 0 aliphatic carbocycles. The molecule has 1 aliphatic rings. The van der Waals surface area contributed by atoms with E-state index in [4.69, 9.17) is 21.1 Å². The van der Waals surface area contributed by atoms with Crippen LogP contribution in [0.15, 0.2) is 54.6 Å². The molecule has 0 atom stereocenters. The number of nitrogens with one attached hydrogen (secondary N) is 1. The van der Waals surface area contributed by atoms with Gasteiger partial charge in [-0.15, -0.1) is 0 Å². The van der Waals surface area contributed by atoms with E-state index in [-0.39, 0.29) is 22.7 Å². The van der Waals surface area contributed by atoms with E-state index < -0.39 is 10.8 Å². The number of nitro groups is 1. The Balaban J connectivity index is 1.88. The van der Waals surface area contributed by atoms with Crippen molar-refractivity contribution in [1.29, 1.82) is 0 Å². The van der Waals surface area contributed by atoms with Crippen LogP contribution in [-0.2, 0) is 0 Å². The van der Waals surface area contributed by atoms with Gasteiger partial charge in [0.05, 0.1) is 22.7 Å². The van der Waals surface area contributed by atoms with Gasteiger partial charge in [0.1, 0.15) is 11.3 Å². The minimum Gasteiger partial charge on any atom is -0.456 e. The highest BCUT2D eigenvalue weighted by molar-refractivity contribution is 6.31. The lowest BCUT2D eigenvalue weighted by molar-refractivity contribution is -0.385. The van der Waals surface area contributed by atoms with Crippen molar-refractivity contribution in [2.24, 2.45) is 0 Å². The van der Waals surface area contributed by atoms with Crippen LogP contribution in [-0.4, -0.2) is 10.8 Å². The van der Waals surface area contributed by atoms with Crippen molar-refractivity contribution in [3.8, 4) is 23.0 Å². The third-order valence-electron chi connectivity index (χ3n) is 4.21. The Morgan fingerprint density at radius 3 is 2.61 bits per heavy atom. The number of nitrogens with zero attached hydrogens (tertiary/aromatic N) is 1. The van der Waals surface area contributed by atoms with Crippen LogP contribution in [0.3, 0.4) is 0 Å². The maximum absolute atomic E-state index is 12.9. The topological polar surface area (TPSA) is 90.7 Å². The first-order valence-electron chi connectivity index (χ1n) is 8.27. The highest BCUT2D eigenvalue weighted by Crippen LogP contribution is 2.43. The van der Waals surface area contributed by atoms with Gasteiger partial charge in [0.15, 0.2) is 17.2 Å². The number of halogens is 1. The molecule has 3 aromatic carbocycles. The van der Waals surface area contributed by atoms with Crippen molar-refractivity contribution in [3.63, 3.8) is 0 Å². The fourth-order valence-corrected chi connectivity index (χ4v) is 3.02. The molecule has 1 N–H and O–H groups in total. The summed E-state index contributed by atoms with van der Waals surface area (Å²) in [6, 6.07) is 14.3. The molecule has 0 fully saturated rings. The fraction of sp³-hybridized carbons (Fsp3) is 0.0500. The number of nitro benzene ring substituents is 1. The number of para-hydroxylation sites is 1. The summed E-state index contributed by atoms with van der Waals surface area (Å²) in [5.41, 5.74) is 0.972. The lowest BCUT2D eigenvalue weighted by atomic mass is 10.1. The standard InChI is InChI=1S/C20H13ClN2O5/c1-11-4-2-3-5-15(11)27-17-9-13(23(25)26)10-18-19(17)20(24)22-14-8-12(21)6-7-16(14)28-18/h2-10H,1H3,(H,22,24). The molecule has 8 heteroatoms. The molecule has 7 nitrogen and oxygen atoms in total. The van der Waals surface area contributed by atoms with Crippen LogP contribution in [0, 0.1) is 17.0 Å². The van der Waals surface area contributed by atoms with Gasteiger partial charge in [0, 0.05) is 5.02 Å². The largest absolute Gasteiger partial charge is 0.456 e. The molecule has 3 aromatic rings. The van der Waals surface area contributed by atoms with Crippen molar-refractivity contribution in [2.45, 2.75) is 6.92 Å². The van der Waals surface area contributed by atoms with Crippen LogP contribution in [0.2, 0.25) is 5.02 Å². The second-order valence-corrected chi connectivity index (χ2v) is 6.57. The summed E-state index contributed by atoms with van der Waals surface area (Å²) >= 11 is 5.99. The lowest BCUT2D eigenvalue weighted by Crippen LogP contribution is -2.12. The Bertz CT molecular complexity index is 1130. The highest BCUT2D eigenvalue weighted by atomic mass is 35.5. The molecule has 1 amide bonds. The molecule has 4 rings (SSSR count). The number of hydrogen-bond acceptors (Lipinski definition) is 5. The zero-order chi connectivity index (χ0) is 19.8. The number of amides is 1. The maximum Gasteiger partial charge on any atom is 0.276 e. The summed E-state index contributed by atoms with van der Waals surface area (Å²) in [5.74, 6) is 0.322. The van der Waals surface area contributed by atoms with Crippen molar-refractivity contribution >= 4 is 28.9 Å². The number of rotatable bonds is 3. The van der Waals surface area contributed by atoms with Gasteiger partial charge in [-0.3, -0.25) is 14.9 Å². The fourth-order valence-electron chi connectivity index (χ4n) is 2.85. The van der Waals surface area contributed by atoms with Crippen LogP contribution < -0.4 is 14.8 Å². The van der Waals surface area contributed by atoms with Crippen LogP contribution >= 0.6 is 11.6 Å². The molecule has 1 aliphatic heterocycles. The zero-order valence-corrected chi connectivity index (χ0v) is 15.3. The number of non-ortho nitro benzene ring substituents is 1. The Hall–Kier alpha value is -3.58. The van der Waals surface area contributed by atoms with Gasteiger partial charge in [-0.2, -0.15) is 0 Å². The molecule has 0 radical (unpaired) electrons. The van der Waals surface area contributed by atoms with Gasteiger partial charge < -0.3 is 14.8 Å². The third kappa shape index (κ3) is 3.23. The number of aryl methyl sites for hydroxylation is 1. The Labute approximate surface area is 164 Å². The number of ether oxygens (including phenoxy) is 2. The van der Waals surface area contributed by atoms with Gasteiger partial charge in [-0.1, -0.05) is 29.8 Å². The van der Waals surface area contributed by atoms with Crippen molar-refractivity contribution in [3.05, 3.63) is 80.9 Å². The van der Waals surface area contributed by atoms with Crippen LogP contribution in [0.1, 0.15) is 15.9 Å². The van der Waals surface area contributed by atoms with E-state index in [9.17, 15) is 14.9 Å².